The third kappa shape index (κ3) is 7.48. The zero-order valence-electron chi connectivity index (χ0n) is 18.1. The fourth-order valence-corrected chi connectivity index (χ4v) is 2.64. The van der Waals surface area contributed by atoms with Crippen LogP contribution in [-0.2, 0) is 11.3 Å². The fraction of sp³-hybridized carbons (Fsp3) is 0.476. The molecule has 1 amide bonds. The molecule has 1 heterocycles. The molecule has 0 atom stereocenters. The van der Waals surface area contributed by atoms with E-state index in [4.69, 9.17) is 4.74 Å². The summed E-state index contributed by atoms with van der Waals surface area (Å²) in [6.45, 7) is 10.4. The lowest BCUT2D eigenvalue weighted by atomic mass is 10.1. The highest BCUT2D eigenvalue weighted by molar-refractivity contribution is 5.80. The molecule has 2 rings (SSSR count). The van der Waals surface area contributed by atoms with Crippen molar-refractivity contribution < 1.29 is 9.53 Å². The molecule has 0 radical (unpaired) electrons. The Morgan fingerprint density at radius 1 is 1.17 bits per heavy atom. The van der Waals surface area contributed by atoms with E-state index in [-0.39, 0.29) is 0 Å². The molecule has 0 aliphatic carbocycles. The number of para-hydroxylation sites is 1. The molecule has 0 aliphatic heterocycles. The minimum Gasteiger partial charge on any atom is -0.444 e. The van der Waals surface area contributed by atoms with E-state index in [9.17, 15) is 4.79 Å². The Labute approximate surface area is 172 Å². The lowest BCUT2D eigenvalue weighted by Crippen LogP contribution is -2.54. The molecule has 8 nitrogen and oxygen atoms in total. The van der Waals surface area contributed by atoms with Crippen molar-refractivity contribution in [1.29, 1.82) is 0 Å². The van der Waals surface area contributed by atoms with Crippen LogP contribution in [0.2, 0.25) is 0 Å². The van der Waals surface area contributed by atoms with Gasteiger partial charge in [-0.1, -0.05) is 18.2 Å². The molecule has 8 heteroatoms. The van der Waals surface area contributed by atoms with Crippen molar-refractivity contribution in [3.63, 3.8) is 0 Å². The Hall–Kier alpha value is -3.03. The quantitative estimate of drug-likeness (QED) is 0.512. The number of rotatable bonds is 6. The topological polar surface area (TPSA) is 92.6 Å². The molecule has 0 bridgehead atoms. The highest BCUT2D eigenvalue weighted by Gasteiger charge is 2.24. The van der Waals surface area contributed by atoms with E-state index in [1.54, 1.807) is 19.6 Å². The lowest BCUT2D eigenvalue weighted by molar-refractivity contribution is 0.0474. The molecule has 3 N–H and O–H groups in total. The van der Waals surface area contributed by atoms with Gasteiger partial charge in [-0.3, -0.25) is 4.99 Å². The maximum absolute atomic E-state index is 12.0. The number of carbonyl (C=O) groups is 1. The minimum atomic E-state index is -0.534. The molecule has 2 aromatic rings. The van der Waals surface area contributed by atoms with Gasteiger partial charge in [-0.2, -0.15) is 0 Å². The number of aliphatic imine (C=N–C) groups is 1. The molecular formula is C21H32N6O2. The zero-order valence-corrected chi connectivity index (χ0v) is 18.1. The van der Waals surface area contributed by atoms with Crippen molar-refractivity contribution in [2.24, 2.45) is 4.99 Å². The Kier molecular flexibility index (Phi) is 7.25. The Bertz CT molecular complexity index is 822. The maximum Gasteiger partial charge on any atom is 0.408 e. The van der Waals surface area contributed by atoms with Crippen molar-refractivity contribution >= 4 is 12.1 Å². The summed E-state index contributed by atoms with van der Waals surface area (Å²) in [4.78, 5) is 20.4. The minimum absolute atomic E-state index is 0.443. The number of benzene rings is 1. The Morgan fingerprint density at radius 3 is 2.52 bits per heavy atom. The first-order valence-electron chi connectivity index (χ1n) is 9.61. The number of carbonyl (C=O) groups excluding carboxylic acids is 1. The zero-order chi connectivity index (χ0) is 21.5. The number of nitrogens with zero attached hydrogens (tertiary/aromatic N) is 3. The van der Waals surface area contributed by atoms with Crippen LogP contribution in [0.1, 0.15) is 40.2 Å². The number of amides is 1. The van der Waals surface area contributed by atoms with Crippen molar-refractivity contribution in [3.05, 3.63) is 48.5 Å². The molecule has 158 valence electrons. The van der Waals surface area contributed by atoms with Crippen molar-refractivity contribution in [3.8, 4) is 5.69 Å². The molecule has 0 fully saturated rings. The van der Waals surface area contributed by atoms with Gasteiger partial charge in [-0.25, -0.2) is 9.78 Å². The predicted octanol–water partition coefficient (Wildman–Crippen LogP) is 2.84. The average Bonchev–Trinajstić information content (AvgIpc) is 3.14. The van der Waals surface area contributed by atoms with Crippen LogP contribution in [0, 0.1) is 0 Å². The van der Waals surface area contributed by atoms with E-state index >= 15 is 0 Å². The lowest BCUT2D eigenvalue weighted by Gasteiger charge is -2.29. The molecule has 0 saturated carbocycles. The largest absolute Gasteiger partial charge is 0.444 e. The normalized spacial score (nSPS) is 12.4. The SMILES string of the molecule is CN=C(NCc1ccccc1-n1ccnc1)NCC(C)(C)NC(=O)OC(C)(C)C. The van der Waals surface area contributed by atoms with Crippen LogP contribution in [0.3, 0.4) is 0 Å². The molecule has 1 aromatic heterocycles. The van der Waals surface area contributed by atoms with Gasteiger partial charge in [0.2, 0.25) is 0 Å². The van der Waals surface area contributed by atoms with Crippen LogP contribution in [-0.4, -0.2) is 46.3 Å². The van der Waals surface area contributed by atoms with Gasteiger partial charge in [0.05, 0.1) is 17.6 Å². The second kappa shape index (κ2) is 9.45. The number of aromatic nitrogens is 2. The highest BCUT2D eigenvalue weighted by atomic mass is 16.6. The van der Waals surface area contributed by atoms with Crippen LogP contribution in [0.4, 0.5) is 4.79 Å². The second-order valence-corrected chi connectivity index (χ2v) is 8.39. The summed E-state index contributed by atoms with van der Waals surface area (Å²) in [6.07, 6.45) is 5.00. The number of alkyl carbamates (subject to hydrolysis) is 1. The van der Waals surface area contributed by atoms with Gasteiger partial charge in [0, 0.05) is 32.5 Å². The van der Waals surface area contributed by atoms with Gasteiger partial charge in [0.25, 0.3) is 0 Å². The first kappa shape index (κ1) is 22.3. The number of ether oxygens (including phenoxy) is 1. The Morgan fingerprint density at radius 2 is 1.90 bits per heavy atom. The summed E-state index contributed by atoms with van der Waals surface area (Å²) >= 11 is 0. The summed E-state index contributed by atoms with van der Waals surface area (Å²) < 4.78 is 7.30. The van der Waals surface area contributed by atoms with E-state index in [0.717, 1.165) is 11.3 Å². The van der Waals surface area contributed by atoms with Gasteiger partial charge < -0.3 is 25.3 Å². The summed E-state index contributed by atoms with van der Waals surface area (Å²) in [7, 11) is 1.71. The maximum atomic E-state index is 12.0. The Balaban J connectivity index is 1.91. The molecule has 0 unspecified atom stereocenters. The number of hydrogen-bond acceptors (Lipinski definition) is 4. The highest BCUT2D eigenvalue weighted by Crippen LogP contribution is 2.14. The van der Waals surface area contributed by atoms with E-state index in [0.29, 0.717) is 19.0 Å². The first-order chi connectivity index (χ1) is 13.6. The van der Waals surface area contributed by atoms with Gasteiger partial charge in [0.1, 0.15) is 5.60 Å². The molecule has 0 saturated heterocycles. The van der Waals surface area contributed by atoms with Crippen molar-refractivity contribution in [2.75, 3.05) is 13.6 Å². The monoisotopic (exact) mass is 400 g/mol. The number of imidazole rings is 1. The van der Waals surface area contributed by atoms with Crippen LogP contribution < -0.4 is 16.0 Å². The van der Waals surface area contributed by atoms with Gasteiger partial charge in [-0.15, -0.1) is 0 Å². The van der Waals surface area contributed by atoms with Gasteiger partial charge in [-0.05, 0) is 46.2 Å². The van der Waals surface area contributed by atoms with Crippen molar-refractivity contribution in [2.45, 2.75) is 52.3 Å². The number of nitrogens with one attached hydrogen (secondary N) is 3. The number of guanidine groups is 1. The molecule has 1 aromatic carbocycles. The summed E-state index contributed by atoms with van der Waals surface area (Å²) in [5, 5.41) is 9.44. The first-order valence-corrected chi connectivity index (χ1v) is 9.61. The van der Waals surface area contributed by atoms with E-state index in [2.05, 4.69) is 32.0 Å². The fourth-order valence-electron chi connectivity index (χ4n) is 2.64. The third-order valence-electron chi connectivity index (χ3n) is 3.98. The van der Waals surface area contributed by atoms with Crippen molar-refractivity contribution in [1.82, 2.24) is 25.5 Å². The standard InChI is InChI=1S/C21H32N6O2/c1-20(2,3)29-19(28)26-21(4,5)14-25-18(22-6)24-13-16-9-7-8-10-17(16)27-12-11-23-15-27/h7-12,15H,13-14H2,1-6H3,(H,26,28)(H2,22,24,25). The molecule has 0 aliphatic rings. The van der Waals surface area contributed by atoms with Gasteiger partial charge >= 0.3 is 6.09 Å². The van der Waals surface area contributed by atoms with E-state index in [1.165, 1.54) is 0 Å². The summed E-state index contributed by atoms with van der Waals surface area (Å²) in [5.74, 6) is 0.643. The summed E-state index contributed by atoms with van der Waals surface area (Å²) in [5.41, 5.74) is 1.11. The summed E-state index contributed by atoms with van der Waals surface area (Å²) in [6, 6.07) is 8.10. The third-order valence-corrected chi connectivity index (χ3v) is 3.98. The predicted molar refractivity (Wildman–Crippen MR) is 115 cm³/mol. The van der Waals surface area contributed by atoms with Gasteiger partial charge in [0.15, 0.2) is 5.96 Å². The number of hydrogen-bond donors (Lipinski definition) is 3. The van der Waals surface area contributed by atoms with Crippen LogP contribution in [0.15, 0.2) is 48.0 Å². The van der Waals surface area contributed by atoms with Crippen LogP contribution in [0.5, 0.6) is 0 Å². The average molecular weight is 401 g/mol. The van der Waals surface area contributed by atoms with E-state index < -0.39 is 17.2 Å². The second-order valence-electron chi connectivity index (χ2n) is 8.39. The van der Waals surface area contributed by atoms with Crippen LogP contribution >= 0.6 is 0 Å². The molecule has 29 heavy (non-hydrogen) atoms. The molecule has 0 spiro atoms. The van der Waals surface area contributed by atoms with Crippen LogP contribution in [0.25, 0.3) is 5.69 Å². The molecular weight excluding hydrogens is 368 g/mol. The van der Waals surface area contributed by atoms with E-state index in [1.807, 2.05) is 63.6 Å². The smallest absolute Gasteiger partial charge is 0.408 e.